The van der Waals surface area contributed by atoms with Gasteiger partial charge in [-0.25, -0.2) is 0 Å². The summed E-state index contributed by atoms with van der Waals surface area (Å²) < 4.78 is 5.43. The average molecular weight is 408 g/mol. The number of rotatable bonds is 6. The number of H-pyrrole nitrogens is 1. The molecule has 1 aromatic heterocycles. The summed E-state index contributed by atoms with van der Waals surface area (Å²) >= 11 is 7.92. The van der Waals surface area contributed by atoms with Crippen LogP contribution in [0.1, 0.15) is 25.0 Å². The van der Waals surface area contributed by atoms with Gasteiger partial charge in [-0.1, -0.05) is 11.6 Å². The van der Waals surface area contributed by atoms with Crippen LogP contribution >= 0.6 is 23.4 Å². The first-order chi connectivity index (χ1) is 13.1. The fourth-order valence-electron chi connectivity index (χ4n) is 3.54. The minimum Gasteiger partial charge on any atom is -0.481 e. The van der Waals surface area contributed by atoms with E-state index in [0.29, 0.717) is 16.7 Å². The Kier molecular flexibility index (Phi) is 5.61. The number of nitrogens with zero attached hydrogens (tertiary/aromatic N) is 1. The van der Waals surface area contributed by atoms with Crippen LogP contribution in [-0.4, -0.2) is 52.7 Å². The summed E-state index contributed by atoms with van der Waals surface area (Å²) in [6, 6.07) is 5.75. The third-order valence-electron chi connectivity index (χ3n) is 4.97. The summed E-state index contributed by atoms with van der Waals surface area (Å²) in [6.07, 6.45) is 2.22. The van der Waals surface area contributed by atoms with Gasteiger partial charge in [-0.05, 0) is 37.0 Å². The zero-order valence-corrected chi connectivity index (χ0v) is 16.4. The molecule has 1 fully saturated rings. The van der Waals surface area contributed by atoms with Gasteiger partial charge in [0.1, 0.15) is 5.04 Å². The Morgan fingerprint density at radius 3 is 2.96 bits per heavy atom. The fraction of sp³-hybridized carbons (Fsp3) is 0.474. The number of carboxylic acids is 1. The van der Waals surface area contributed by atoms with Crippen LogP contribution in [0.2, 0.25) is 5.02 Å². The topological polar surface area (TPSA) is 86.7 Å². The normalized spacial score (nSPS) is 20.8. The first-order valence-electron chi connectivity index (χ1n) is 9.15. The standard InChI is InChI=1S/C19H22ClN3O3S/c20-13-5-12-6-16(19-22-14(10-27-19)8-17(24)25)23-18(12)15(7-13)21-9-11-1-3-26-4-2-11/h5-7,11,14,21,23H,1-4,8-10H2,(H,24,25). The number of thioether (sulfide) groups is 1. The summed E-state index contributed by atoms with van der Waals surface area (Å²) in [6.45, 7) is 2.56. The Balaban J connectivity index is 1.55. The predicted molar refractivity (Wildman–Crippen MR) is 110 cm³/mol. The lowest BCUT2D eigenvalue weighted by Gasteiger charge is -2.22. The Hall–Kier alpha value is -1.70. The lowest BCUT2D eigenvalue weighted by molar-refractivity contribution is -0.137. The van der Waals surface area contributed by atoms with E-state index in [1.165, 1.54) is 0 Å². The monoisotopic (exact) mass is 407 g/mol. The number of aromatic amines is 1. The van der Waals surface area contributed by atoms with Crippen molar-refractivity contribution in [2.75, 3.05) is 30.8 Å². The number of aromatic nitrogens is 1. The maximum atomic E-state index is 10.9. The molecule has 0 aliphatic carbocycles. The fourth-order valence-corrected chi connectivity index (χ4v) is 4.79. The predicted octanol–water partition coefficient (Wildman–Crippen LogP) is 4.00. The quantitative estimate of drug-likeness (QED) is 0.673. The first kappa shape index (κ1) is 18.7. The van der Waals surface area contributed by atoms with Gasteiger partial charge in [-0.2, -0.15) is 0 Å². The van der Waals surface area contributed by atoms with Crippen molar-refractivity contribution >= 4 is 51.0 Å². The second-order valence-electron chi connectivity index (χ2n) is 7.03. The van der Waals surface area contributed by atoms with Crippen LogP contribution in [0.4, 0.5) is 5.69 Å². The number of aliphatic carboxylic acids is 1. The van der Waals surface area contributed by atoms with Gasteiger partial charge in [-0.3, -0.25) is 9.79 Å². The van der Waals surface area contributed by atoms with Crippen molar-refractivity contribution in [3.8, 4) is 0 Å². The number of nitrogens with one attached hydrogen (secondary N) is 2. The van der Waals surface area contributed by atoms with Crippen LogP contribution in [0.3, 0.4) is 0 Å². The van der Waals surface area contributed by atoms with Crippen LogP contribution < -0.4 is 5.32 Å². The molecule has 0 spiro atoms. The number of halogens is 1. The van der Waals surface area contributed by atoms with E-state index in [0.717, 1.165) is 59.9 Å². The van der Waals surface area contributed by atoms with Crippen LogP contribution in [0.15, 0.2) is 23.2 Å². The highest BCUT2D eigenvalue weighted by atomic mass is 35.5. The molecule has 6 nitrogen and oxygen atoms in total. The van der Waals surface area contributed by atoms with Crippen LogP contribution in [0.25, 0.3) is 10.9 Å². The molecule has 2 aromatic rings. The molecule has 0 saturated carbocycles. The molecule has 2 aliphatic heterocycles. The maximum absolute atomic E-state index is 10.9. The Bertz CT molecular complexity index is 876. The smallest absolute Gasteiger partial charge is 0.305 e. The van der Waals surface area contributed by atoms with Crippen LogP contribution in [0, 0.1) is 5.92 Å². The van der Waals surface area contributed by atoms with Crippen molar-refractivity contribution in [1.29, 1.82) is 0 Å². The van der Waals surface area contributed by atoms with E-state index in [-0.39, 0.29) is 12.5 Å². The molecule has 0 bridgehead atoms. The minimum atomic E-state index is -0.811. The van der Waals surface area contributed by atoms with Gasteiger partial charge in [0.05, 0.1) is 29.4 Å². The summed E-state index contributed by atoms with van der Waals surface area (Å²) in [5, 5.41) is 15.1. The largest absolute Gasteiger partial charge is 0.481 e. The number of aliphatic imine (C=N–C) groups is 1. The molecule has 1 unspecified atom stereocenters. The van der Waals surface area contributed by atoms with Crippen LogP contribution in [0.5, 0.6) is 0 Å². The first-order valence-corrected chi connectivity index (χ1v) is 10.5. The molecule has 144 valence electrons. The van der Waals surface area contributed by atoms with Gasteiger partial charge in [0, 0.05) is 35.9 Å². The molecule has 0 radical (unpaired) electrons. The van der Waals surface area contributed by atoms with E-state index in [9.17, 15) is 4.79 Å². The number of carboxylic acid groups (broad SMARTS) is 1. The van der Waals surface area contributed by atoms with E-state index in [4.69, 9.17) is 21.4 Å². The summed E-state index contributed by atoms with van der Waals surface area (Å²) in [5.41, 5.74) is 2.91. The molecule has 1 atom stereocenters. The highest BCUT2D eigenvalue weighted by molar-refractivity contribution is 8.14. The van der Waals surface area contributed by atoms with Gasteiger partial charge in [-0.15, -0.1) is 11.8 Å². The van der Waals surface area contributed by atoms with Crippen molar-refractivity contribution in [3.05, 3.63) is 28.9 Å². The molecule has 27 heavy (non-hydrogen) atoms. The third-order valence-corrected chi connectivity index (χ3v) is 6.34. The van der Waals surface area contributed by atoms with Gasteiger partial charge >= 0.3 is 5.97 Å². The molecule has 0 amide bonds. The number of fused-ring (bicyclic) bond motifs is 1. The van der Waals surface area contributed by atoms with E-state index < -0.39 is 5.97 Å². The number of benzene rings is 1. The van der Waals surface area contributed by atoms with E-state index >= 15 is 0 Å². The lowest BCUT2D eigenvalue weighted by Crippen LogP contribution is -2.22. The number of ether oxygens (including phenoxy) is 1. The number of anilines is 1. The Morgan fingerprint density at radius 2 is 2.19 bits per heavy atom. The van der Waals surface area contributed by atoms with Crippen LogP contribution in [-0.2, 0) is 9.53 Å². The van der Waals surface area contributed by atoms with Crippen molar-refractivity contribution in [2.45, 2.75) is 25.3 Å². The minimum absolute atomic E-state index is 0.0699. The Morgan fingerprint density at radius 1 is 1.37 bits per heavy atom. The molecule has 1 aromatic carbocycles. The number of hydrogen-bond acceptors (Lipinski definition) is 5. The Labute approximate surface area is 166 Å². The average Bonchev–Trinajstić information content (AvgIpc) is 3.26. The molecule has 8 heteroatoms. The van der Waals surface area contributed by atoms with Crippen molar-refractivity contribution in [1.82, 2.24) is 4.98 Å². The van der Waals surface area contributed by atoms with E-state index in [2.05, 4.69) is 15.3 Å². The van der Waals surface area contributed by atoms with Crippen molar-refractivity contribution < 1.29 is 14.6 Å². The molecule has 4 rings (SSSR count). The number of carbonyl (C=O) groups is 1. The summed E-state index contributed by atoms with van der Waals surface area (Å²) in [7, 11) is 0. The van der Waals surface area contributed by atoms with E-state index in [1.807, 2.05) is 18.2 Å². The van der Waals surface area contributed by atoms with Crippen molar-refractivity contribution in [3.63, 3.8) is 0 Å². The maximum Gasteiger partial charge on any atom is 0.305 e. The summed E-state index contributed by atoms with van der Waals surface area (Å²) in [4.78, 5) is 18.9. The molecule has 3 N–H and O–H groups in total. The third kappa shape index (κ3) is 4.42. The molecule has 3 heterocycles. The second-order valence-corrected chi connectivity index (χ2v) is 8.48. The number of hydrogen-bond donors (Lipinski definition) is 3. The van der Waals surface area contributed by atoms with Crippen molar-refractivity contribution in [2.24, 2.45) is 10.9 Å². The zero-order chi connectivity index (χ0) is 18.8. The SMILES string of the molecule is O=C(O)CC1CSC(c2cc3cc(Cl)cc(NCC4CCOCC4)c3[nH]2)=N1. The molecular weight excluding hydrogens is 386 g/mol. The second kappa shape index (κ2) is 8.12. The summed E-state index contributed by atoms with van der Waals surface area (Å²) in [5.74, 6) is 0.495. The molecule has 2 aliphatic rings. The van der Waals surface area contributed by atoms with Gasteiger partial charge in [0.25, 0.3) is 0 Å². The highest BCUT2D eigenvalue weighted by Gasteiger charge is 2.23. The van der Waals surface area contributed by atoms with Gasteiger partial charge in [0.2, 0.25) is 0 Å². The zero-order valence-electron chi connectivity index (χ0n) is 14.8. The highest BCUT2D eigenvalue weighted by Crippen LogP contribution is 2.32. The molecular formula is C19H22ClN3O3S. The molecule has 1 saturated heterocycles. The van der Waals surface area contributed by atoms with Gasteiger partial charge < -0.3 is 20.1 Å². The lowest BCUT2D eigenvalue weighted by atomic mass is 10.0. The van der Waals surface area contributed by atoms with E-state index in [1.54, 1.807) is 11.8 Å². The van der Waals surface area contributed by atoms with Gasteiger partial charge in [0.15, 0.2) is 0 Å².